The summed E-state index contributed by atoms with van der Waals surface area (Å²) in [6.45, 7) is 0. The van der Waals surface area contributed by atoms with E-state index < -0.39 is 0 Å². The monoisotopic (exact) mass is 290 g/mol. The number of hydrogen-bond donors (Lipinski definition) is 0. The Morgan fingerprint density at radius 2 is 1.42 bits per heavy atom. The van der Waals surface area contributed by atoms with E-state index in [-0.39, 0.29) is 0 Å². The van der Waals surface area contributed by atoms with Gasteiger partial charge in [0.2, 0.25) is 0 Å². The summed E-state index contributed by atoms with van der Waals surface area (Å²) in [6.07, 6.45) is 1.39. The molecule has 4 heteroatoms. The number of rotatable bonds is 2. The van der Waals surface area contributed by atoms with Gasteiger partial charge < -0.3 is 0 Å². The van der Waals surface area contributed by atoms with E-state index >= 15 is 0 Å². The molecule has 0 bridgehead atoms. The molecular formula is C8H4Br2O2. The summed E-state index contributed by atoms with van der Waals surface area (Å²) >= 11 is 6.34. The summed E-state index contributed by atoms with van der Waals surface area (Å²) in [5.41, 5.74) is 0.929. The minimum Gasteiger partial charge on any atom is -0.298 e. The number of carbonyl (C=O) groups excluding carboxylic acids is 2. The van der Waals surface area contributed by atoms with Crippen molar-refractivity contribution in [2.75, 3.05) is 0 Å². The molecule has 0 unspecified atom stereocenters. The highest BCUT2D eigenvalue weighted by molar-refractivity contribution is 9.11. The van der Waals surface area contributed by atoms with Crippen molar-refractivity contribution in [2.45, 2.75) is 0 Å². The summed E-state index contributed by atoms with van der Waals surface area (Å²) in [6, 6.07) is 3.29. The third-order valence-electron chi connectivity index (χ3n) is 1.35. The van der Waals surface area contributed by atoms with Gasteiger partial charge in [-0.05, 0) is 28.1 Å². The summed E-state index contributed by atoms with van der Waals surface area (Å²) in [5, 5.41) is 0. The topological polar surface area (TPSA) is 34.1 Å². The molecule has 0 aromatic heterocycles. The zero-order valence-electron chi connectivity index (χ0n) is 5.88. The minimum atomic E-state index is 0.464. The maximum Gasteiger partial charge on any atom is 0.151 e. The van der Waals surface area contributed by atoms with E-state index in [1.807, 2.05) is 0 Å². The molecule has 0 saturated heterocycles. The third-order valence-corrected chi connectivity index (χ3v) is 2.72. The lowest BCUT2D eigenvalue weighted by molar-refractivity contribution is 0.112. The Labute approximate surface area is 86.2 Å². The van der Waals surface area contributed by atoms with Crippen molar-refractivity contribution in [2.24, 2.45) is 0 Å². The van der Waals surface area contributed by atoms with Gasteiger partial charge in [-0.1, -0.05) is 15.9 Å². The van der Waals surface area contributed by atoms with Crippen molar-refractivity contribution < 1.29 is 9.59 Å². The molecule has 0 saturated carbocycles. The molecule has 0 spiro atoms. The van der Waals surface area contributed by atoms with Crippen molar-refractivity contribution in [3.8, 4) is 0 Å². The number of hydrogen-bond acceptors (Lipinski definition) is 2. The van der Waals surface area contributed by atoms with E-state index in [1.54, 1.807) is 12.1 Å². The molecule has 12 heavy (non-hydrogen) atoms. The minimum absolute atomic E-state index is 0.464. The van der Waals surface area contributed by atoms with Crippen molar-refractivity contribution in [3.05, 3.63) is 32.2 Å². The first-order valence-electron chi connectivity index (χ1n) is 3.08. The second-order valence-corrected chi connectivity index (χ2v) is 3.84. The standard InChI is InChI=1S/C8H4Br2O2/c9-7-1-5(3-11)8(10)6(2-7)4-12/h1-4H. The largest absolute Gasteiger partial charge is 0.298 e. The second-order valence-electron chi connectivity index (χ2n) is 2.13. The van der Waals surface area contributed by atoms with Crippen LogP contribution in [0.1, 0.15) is 20.7 Å². The van der Waals surface area contributed by atoms with E-state index in [0.29, 0.717) is 28.2 Å². The molecule has 0 atom stereocenters. The molecule has 2 nitrogen and oxygen atoms in total. The highest BCUT2D eigenvalue weighted by atomic mass is 79.9. The van der Waals surface area contributed by atoms with Crippen LogP contribution in [0, 0.1) is 0 Å². The average Bonchev–Trinajstić information content (AvgIpc) is 2.08. The lowest BCUT2D eigenvalue weighted by atomic mass is 10.1. The Kier molecular flexibility index (Phi) is 3.17. The maximum absolute atomic E-state index is 10.5. The molecule has 0 aliphatic carbocycles. The van der Waals surface area contributed by atoms with Crippen molar-refractivity contribution >= 4 is 44.4 Å². The summed E-state index contributed by atoms with van der Waals surface area (Å²) in [4.78, 5) is 21.0. The summed E-state index contributed by atoms with van der Waals surface area (Å²) in [7, 11) is 0. The molecule has 1 aromatic rings. The van der Waals surface area contributed by atoms with Crippen LogP contribution in [0.3, 0.4) is 0 Å². The highest BCUT2D eigenvalue weighted by Crippen LogP contribution is 2.24. The van der Waals surface area contributed by atoms with Crippen molar-refractivity contribution in [1.82, 2.24) is 0 Å². The fraction of sp³-hybridized carbons (Fsp3) is 0. The van der Waals surface area contributed by atoms with Crippen LogP contribution in [0.5, 0.6) is 0 Å². The van der Waals surface area contributed by atoms with Gasteiger partial charge in [0.15, 0.2) is 12.6 Å². The van der Waals surface area contributed by atoms with E-state index in [9.17, 15) is 9.59 Å². The van der Waals surface area contributed by atoms with E-state index in [1.165, 1.54) is 0 Å². The molecule has 0 aliphatic heterocycles. The smallest absolute Gasteiger partial charge is 0.151 e. The molecule has 0 radical (unpaired) electrons. The Hall–Kier alpha value is -0.480. The zero-order valence-corrected chi connectivity index (χ0v) is 9.05. The van der Waals surface area contributed by atoms with Crippen LogP contribution in [0.2, 0.25) is 0 Å². The van der Waals surface area contributed by atoms with Crippen LogP contribution in [0.25, 0.3) is 0 Å². The van der Waals surface area contributed by atoms with Crippen molar-refractivity contribution in [1.29, 1.82) is 0 Å². The number of halogens is 2. The molecule has 0 heterocycles. The molecule has 1 rings (SSSR count). The fourth-order valence-corrected chi connectivity index (χ4v) is 1.71. The summed E-state index contributed by atoms with van der Waals surface area (Å²) in [5.74, 6) is 0. The van der Waals surface area contributed by atoms with Crippen LogP contribution >= 0.6 is 31.9 Å². The van der Waals surface area contributed by atoms with Gasteiger partial charge in [0.25, 0.3) is 0 Å². The molecule has 1 aromatic carbocycles. The van der Waals surface area contributed by atoms with Gasteiger partial charge in [0.05, 0.1) is 0 Å². The molecule has 0 aliphatic rings. The van der Waals surface area contributed by atoms with Gasteiger partial charge >= 0.3 is 0 Å². The van der Waals surface area contributed by atoms with Crippen LogP contribution in [-0.4, -0.2) is 12.6 Å². The third kappa shape index (κ3) is 1.81. The van der Waals surface area contributed by atoms with Crippen LogP contribution < -0.4 is 0 Å². The Morgan fingerprint density at radius 3 is 1.75 bits per heavy atom. The van der Waals surface area contributed by atoms with E-state index in [4.69, 9.17) is 0 Å². The zero-order chi connectivity index (χ0) is 9.14. The van der Waals surface area contributed by atoms with Crippen molar-refractivity contribution in [3.63, 3.8) is 0 Å². The average molecular weight is 292 g/mol. The van der Waals surface area contributed by atoms with Gasteiger partial charge in [-0.15, -0.1) is 0 Å². The van der Waals surface area contributed by atoms with Crippen LogP contribution in [0.4, 0.5) is 0 Å². The first kappa shape index (κ1) is 9.61. The van der Waals surface area contributed by atoms with Gasteiger partial charge in [0, 0.05) is 20.1 Å². The SMILES string of the molecule is O=Cc1cc(Br)cc(C=O)c1Br. The Morgan fingerprint density at radius 1 is 1.00 bits per heavy atom. The van der Waals surface area contributed by atoms with Gasteiger partial charge in [-0.3, -0.25) is 9.59 Å². The lowest BCUT2D eigenvalue weighted by Gasteiger charge is -2.00. The normalized spacial score (nSPS) is 9.50. The van der Waals surface area contributed by atoms with Crippen LogP contribution in [0.15, 0.2) is 21.1 Å². The maximum atomic E-state index is 10.5. The Bertz CT molecular complexity index is 305. The predicted octanol–water partition coefficient (Wildman–Crippen LogP) is 2.84. The molecular weight excluding hydrogens is 288 g/mol. The number of benzene rings is 1. The highest BCUT2D eigenvalue weighted by Gasteiger charge is 2.05. The molecule has 0 fully saturated rings. The lowest BCUT2D eigenvalue weighted by Crippen LogP contribution is -1.89. The predicted molar refractivity (Wildman–Crippen MR) is 52.6 cm³/mol. The number of carbonyl (C=O) groups is 2. The first-order valence-corrected chi connectivity index (χ1v) is 4.67. The quantitative estimate of drug-likeness (QED) is 0.785. The summed E-state index contributed by atoms with van der Waals surface area (Å²) < 4.78 is 1.26. The fourth-order valence-electron chi connectivity index (χ4n) is 0.804. The van der Waals surface area contributed by atoms with E-state index in [2.05, 4.69) is 31.9 Å². The Balaban J connectivity index is 3.41. The first-order chi connectivity index (χ1) is 5.69. The van der Waals surface area contributed by atoms with Gasteiger partial charge in [-0.25, -0.2) is 0 Å². The second kappa shape index (κ2) is 3.96. The molecule has 62 valence electrons. The molecule has 0 N–H and O–H groups in total. The van der Waals surface area contributed by atoms with E-state index in [0.717, 1.165) is 4.47 Å². The van der Waals surface area contributed by atoms with Gasteiger partial charge in [-0.2, -0.15) is 0 Å². The molecule has 0 amide bonds. The van der Waals surface area contributed by atoms with Crippen LogP contribution in [-0.2, 0) is 0 Å². The number of aldehydes is 2. The van der Waals surface area contributed by atoms with Gasteiger partial charge in [0.1, 0.15) is 0 Å².